The number of carbonyl (C=O) groups excluding carboxylic acids is 1. The number of fused-ring (bicyclic) bond motifs is 1. The second-order valence-electron chi connectivity index (χ2n) is 6.99. The van der Waals surface area contributed by atoms with Gasteiger partial charge in [0.1, 0.15) is 12.4 Å². The normalized spacial score (nSPS) is 27.6. The number of esters is 1. The first-order chi connectivity index (χ1) is 10.3. The average molecular weight is 321 g/mol. The van der Waals surface area contributed by atoms with Crippen LogP contribution in [0.25, 0.3) is 0 Å². The van der Waals surface area contributed by atoms with Crippen LogP contribution in [0.2, 0.25) is 5.02 Å². The molecule has 3 atom stereocenters. The van der Waals surface area contributed by atoms with Crippen molar-refractivity contribution in [2.24, 2.45) is 17.3 Å². The van der Waals surface area contributed by atoms with Gasteiger partial charge in [-0.3, -0.25) is 4.79 Å². The van der Waals surface area contributed by atoms with Crippen LogP contribution in [0.1, 0.15) is 39.4 Å². The Labute approximate surface area is 136 Å². The molecule has 1 aliphatic carbocycles. The third-order valence-electron chi connectivity index (χ3n) is 4.64. The van der Waals surface area contributed by atoms with E-state index in [4.69, 9.17) is 21.1 Å². The van der Waals surface area contributed by atoms with Gasteiger partial charge in [0.05, 0.1) is 5.92 Å². The van der Waals surface area contributed by atoms with Gasteiger partial charge in [0.15, 0.2) is 6.10 Å². The zero-order chi connectivity index (χ0) is 16.1. The Hall–Kier alpha value is -1.48. The monoisotopic (exact) mass is 320 g/mol. The summed E-state index contributed by atoms with van der Waals surface area (Å²) >= 11 is 6.02. The van der Waals surface area contributed by atoms with Crippen molar-refractivity contribution in [2.75, 3.05) is 6.61 Å². The quantitative estimate of drug-likeness (QED) is 0.605. The Morgan fingerprint density at radius 2 is 2.14 bits per heavy atom. The van der Waals surface area contributed by atoms with E-state index < -0.39 is 0 Å². The molecular formula is C18H21ClO3. The summed E-state index contributed by atoms with van der Waals surface area (Å²) in [4.78, 5) is 12.5. The van der Waals surface area contributed by atoms with E-state index in [1.807, 2.05) is 12.1 Å². The van der Waals surface area contributed by atoms with Gasteiger partial charge in [-0.15, -0.1) is 0 Å². The van der Waals surface area contributed by atoms with Crippen molar-refractivity contribution in [2.45, 2.75) is 33.8 Å². The van der Waals surface area contributed by atoms with E-state index in [0.29, 0.717) is 11.6 Å². The van der Waals surface area contributed by atoms with E-state index in [1.54, 1.807) is 6.07 Å². The molecule has 1 unspecified atom stereocenters. The standard InChI is InChI=1S/C18H21ClO3/c1-10(2)7-13-16(18(13,3)4)17(20)22-15-9-21-14-6-5-11(19)8-12(14)15/h5-8,13,15-16H,9H2,1-4H3/t13-,15?,16-/m1/s1. The predicted octanol–water partition coefficient (Wildman–Crippen LogP) is 4.56. The molecule has 0 radical (unpaired) electrons. The first-order valence-electron chi connectivity index (χ1n) is 7.58. The smallest absolute Gasteiger partial charge is 0.310 e. The van der Waals surface area contributed by atoms with Crippen LogP contribution in [-0.4, -0.2) is 12.6 Å². The Bertz CT molecular complexity index is 644. The van der Waals surface area contributed by atoms with Gasteiger partial charge in [-0.25, -0.2) is 0 Å². The Morgan fingerprint density at radius 3 is 2.82 bits per heavy atom. The van der Waals surface area contributed by atoms with E-state index >= 15 is 0 Å². The third kappa shape index (κ3) is 2.63. The predicted molar refractivity (Wildman–Crippen MR) is 86.0 cm³/mol. The molecule has 1 fully saturated rings. The SMILES string of the molecule is CC(C)=C[C@@H]1[C@H](C(=O)OC2COc3ccc(Cl)cc32)C1(C)C. The van der Waals surface area contributed by atoms with E-state index in [2.05, 4.69) is 33.8 Å². The van der Waals surface area contributed by atoms with Gasteiger partial charge < -0.3 is 9.47 Å². The van der Waals surface area contributed by atoms with Gasteiger partial charge in [-0.1, -0.05) is 37.1 Å². The van der Waals surface area contributed by atoms with Gasteiger partial charge in [0.2, 0.25) is 0 Å². The topological polar surface area (TPSA) is 35.5 Å². The maximum absolute atomic E-state index is 12.5. The lowest BCUT2D eigenvalue weighted by Crippen LogP contribution is -2.16. The molecule has 3 nitrogen and oxygen atoms in total. The zero-order valence-corrected chi connectivity index (χ0v) is 14.1. The fourth-order valence-corrected chi connectivity index (χ4v) is 3.45. The molecular weight excluding hydrogens is 300 g/mol. The lowest BCUT2D eigenvalue weighted by molar-refractivity contribution is -0.152. The summed E-state index contributed by atoms with van der Waals surface area (Å²) in [5.74, 6) is 0.781. The first kappa shape index (κ1) is 15.4. The number of carbonyl (C=O) groups is 1. The van der Waals surface area contributed by atoms with Gasteiger partial charge in [0.25, 0.3) is 0 Å². The summed E-state index contributed by atoms with van der Waals surface area (Å²) < 4.78 is 11.3. The minimum Gasteiger partial charge on any atom is -0.489 e. The second kappa shape index (κ2) is 5.31. The van der Waals surface area contributed by atoms with E-state index in [1.165, 1.54) is 5.57 Å². The summed E-state index contributed by atoms with van der Waals surface area (Å²) in [6.07, 6.45) is 1.81. The fraction of sp³-hybridized carbons (Fsp3) is 0.500. The van der Waals surface area contributed by atoms with Crippen molar-refractivity contribution in [3.05, 3.63) is 40.4 Å². The molecule has 3 rings (SSSR count). The van der Waals surface area contributed by atoms with Gasteiger partial charge in [0, 0.05) is 10.6 Å². The molecule has 0 bridgehead atoms. The van der Waals surface area contributed by atoms with Crippen molar-refractivity contribution in [3.63, 3.8) is 0 Å². The molecule has 0 aromatic heterocycles. The lowest BCUT2D eigenvalue weighted by Gasteiger charge is -2.12. The third-order valence-corrected chi connectivity index (χ3v) is 4.88. The Morgan fingerprint density at radius 1 is 1.41 bits per heavy atom. The summed E-state index contributed by atoms with van der Waals surface area (Å²) in [7, 11) is 0. The minimum absolute atomic E-state index is 0.0367. The number of hydrogen-bond donors (Lipinski definition) is 0. The van der Waals surface area contributed by atoms with Crippen molar-refractivity contribution >= 4 is 17.6 Å². The fourth-order valence-electron chi connectivity index (χ4n) is 3.27. The molecule has 1 heterocycles. The number of rotatable bonds is 3. The van der Waals surface area contributed by atoms with Gasteiger partial charge in [-0.2, -0.15) is 0 Å². The number of hydrogen-bond acceptors (Lipinski definition) is 3. The summed E-state index contributed by atoms with van der Waals surface area (Å²) in [5, 5.41) is 0.625. The maximum atomic E-state index is 12.5. The molecule has 0 N–H and O–H groups in total. The number of allylic oxidation sites excluding steroid dienone is 2. The Balaban J connectivity index is 1.72. The highest BCUT2D eigenvalue weighted by Crippen LogP contribution is 2.60. The van der Waals surface area contributed by atoms with E-state index in [-0.39, 0.29) is 29.3 Å². The highest BCUT2D eigenvalue weighted by molar-refractivity contribution is 6.30. The van der Waals surface area contributed by atoms with Crippen LogP contribution in [0.5, 0.6) is 5.75 Å². The van der Waals surface area contributed by atoms with Crippen molar-refractivity contribution < 1.29 is 14.3 Å². The molecule has 118 valence electrons. The van der Waals surface area contributed by atoms with E-state index in [9.17, 15) is 4.79 Å². The van der Waals surface area contributed by atoms with Crippen LogP contribution in [0, 0.1) is 17.3 Å². The lowest BCUT2D eigenvalue weighted by atomic mass is 10.1. The van der Waals surface area contributed by atoms with Crippen LogP contribution in [0.15, 0.2) is 29.8 Å². The number of benzene rings is 1. The van der Waals surface area contributed by atoms with Crippen LogP contribution in [0.3, 0.4) is 0 Å². The summed E-state index contributed by atoms with van der Waals surface area (Å²) in [6.45, 7) is 8.69. The molecule has 0 amide bonds. The molecule has 1 aliphatic heterocycles. The van der Waals surface area contributed by atoms with Crippen molar-refractivity contribution in [1.29, 1.82) is 0 Å². The highest BCUT2D eigenvalue weighted by atomic mass is 35.5. The molecule has 1 saturated carbocycles. The van der Waals surface area contributed by atoms with Crippen molar-refractivity contribution in [1.82, 2.24) is 0 Å². The maximum Gasteiger partial charge on any atom is 0.310 e. The van der Waals surface area contributed by atoms with Gasteiger partial charge in [-0.05, 0) is 43.4 Å². The van der Waals surface area contributed by atoms with Crippen LogP contribution in [0.4, 0.5) is 0 Å². The van der Waals surface area contributed by atoms with Gasteiger partial charge >= 0.3 is 5.97 Å². The number of halogens is 1. The average Bonchev–Trinajstić information content (AvgIpc) is 2.77. The highest BCUT2D eigenvalue weighted by Gasteiger charge is 2.61. The van der Waals surface area contributed by atoms with Crippen LogP contribution in [-0.2, 0) is 9.53 Å². The van der Waals surface area contributed by atoms with Crippen LogP contribution >= 0.6 is 11.6 Å². The number of ether oxygens (including phenoxy) is 2. The summed E-state index contributed by atoms with van der Waals surface area (Å²) in [5.41, 5.74) is 2.05. The molecule has 1 aromatic rings. The minimum atomic E-state index is -0.357. The largest absolute Gasteiger partial charge is 0.489 e. The first-order valence-corrected chi connectivity index (χ1v) is 7.96. The molecule has 22 heavy (non-hydrogen) atoms. The molecule has 4 heteroatoms. The summed E-state index contributed by atoms with van der Waals surface area (Å²) in [6, 6.07) is 5.41. The molecule has 1 aromatic carbocycles. The van der Waals surface area contributed by atoms with Crippen molar-refractivity contribution in [3.8, 4) is 5.75 Å². The molecule has 0 saturated heterocycles. The second-order valence-corrected chi connectivity index (χ2v) is 7.42. The molecule has 2 aliphatic rings. The zero-order valence-electron chi connectivity index (χ0n) is 13.4. The Kier molecular flexibility index (Phi) is 3.72. The molecule has 0 spiro atoms. The van der Waals surface area contributed by atoms with E-state index in [0.717, 1.165) is 11.3 Å². The van der Waals surface area contributed by atoms with Crippen LogP contribution < -0.4 is 4.74 Å².